The average molecular weight is 216 g/mol. The summed E-state index contributed by atoms with van der Waals surface area (Å²) in [5.74, 6) is 1.66. The first-order valence-electron chi connectivity index (χ1n) is 5.79. The molecule has 2 aromatic heterocycles. The van der Waals surface area contributed by atoms with E-state index in [9.17, 15) is 0 Å². The second-order valence-corrected chi connectivity index (χ2v) is 4.93. The van der Waals surface area contributed by atoms with Gasteiger partial charge in [0.15, 0.2) is 0 Å². The maximum Gasteiger partial charge on any atom is 0.0886 e. The number of nitrogens with zero attached hydrogens (tertiary/aromatic N) is 3. The summed E-state index contributed by atoms with van der Waals surface area (Å²) >= 11 is 0. The predicted molar refractivity (Wildman–Crippen MR) is 63.8 cm³/mol. The molecule has 1 aliphatic carbocycles. The Morgan fingerprint density at radius 3 is 2.94 bits per heavy atom. The normalized spacial score (nSPS) is 24.6. The van der Waals surface area contributed by atoms with Gasteiger partial charge in [0.1, 0.15) is 0 Å². The molecule has 1 aliphatic rings. The van der Waals surface area contributed by atoms with Crippen molar-refractivity contribution in [3.63, 3.8) is 0 Å². The third-order valence-electron chi connectivity index (χ3n) is 3.50. The number of fused-ring (bicyclic) bond motifs is 1. The molecule has 0 unspecified atom stereocenters. The van der Waals surface area contributed by atoms with Gasteiger partial charge in [-0.1, -0.05) is 6.92 Å². The Morgan fingerprint density at radius 2 is 2.19 bits per heavy atom. The van der Waals surface area contributed by atoms with Gasteiger partial charge in [-0.05, 0) is 24.7 Å². The molecule has 4 nitrogen and oxygen atoms in total. The van der Waals surface area contributed by atoms with Crippen molar-refractivity contribution in [2.45, 2.75) is 26.3 Å². The van der Waals surface area contributed by atoms with E-state index in [1.54, 1.807) is 6.20 Å². The number of anilines is 1. The van der Waals surface area contributed by atoms with E-state index in [1.165, 1.54) is 12.8 Å². The summed E-state index contributed by atoms with van der Waals surface area (Å²) in [6.45, 7) is 3.30. The van der Waals surface area contributed by atoms with Gasteiger partial charge in [-0.2, -0.15) is 5.10 Å². The van der Waals surface area contributed by atoms with E-state index in [0.29, 0.717) is 5.69 Å². The van der Waals surface area contributed by atoms with Crippen LogP contribution >= 0.6 is 0 Å². The van der Waals surface area contributed by atoms with Gasteiger partial charge in [-0.3, -0.25) is 9.67 Å². The monoisotopic (exact) mass is 216 g/mol. The average Bonchev–Trinajstić information content (AvgIpc) is 2.61. The highest BCUT2D eigenvalue weighted by Gasteiger charge is 2.26. The van der Waals surface area contributed by atoms with Crippen LogP contribution in [0.1, 0.15) is 19.8 Å². The number of nitrogens with two attached hydrogens (primary N) is 1. The van der Waals surface area contributed by atoms with Gasteiger partial charge < -0.3 is 5.73 Å². The molecule has 84 valence electrons. The first-order valence-corrected chi connectivity index (χ1v) is 5.79. The number of hydrogen-bond donors (Lipinski definition) is 1. The zero-order chi connectivity index (χ0) is 11.1. The number of nitrogen functional groups attached to an aromatic ring is 1. The number of hydrogen-bond acceptors (Lipinski definition) is 3. The molecular formula is C12H16N4. The summed E-state index contributed by atoms with van der Waals surface area (Å²) in [5, 5.41) is 5.42. The molecule has 1 saturated carbocycles. The highest BCUT2D eigenvalue weighted by molar-refractivity contribution is 5.88. The summed E-state index contributed by atoms with van der Waals surface area (Å²) in [4.78, 5) is 4.13. The molecule has 1 fully saturated rings. The summed E-state index contributed by atoms with van der Waals surface area (Å²) < 4.78 is 2.04. The third kappa shape index (κ3) is 1.45. The number of aromatic nitrogens is 3. The fraction of sp³-hybridized carbons (Fsp3) is 0.500. The minimum Gasteiger partial charge on any atom is -0.397 e. The molecule has 0 amide bonds. The van der Waals surface area contributed by atoms with E-state index in [-0.39, 0.29) is 0 Å². The maximum atomic E-state index is 5.85. The zero-order valence-corrected chi connectivity index (χ0v) is 9.43. The lowest BCUT2D eigenvalue weighted by Crippen LogP contribution is -2.25. The van der Waals surface area contributed by atoms with Crippen molar-refractivity contribution in [3.05, 3.63) is 18.6 Å². The van der Waals surface area contributed by atoms with Crippen LogP contribution in [0.5, 0.6) is 0 Å². The van der Waals surface area contributed by atoms with Crippen molar-refractivity contribution in [3.8, 4) is 0 Å². The Morgan fingerprint density at radius 1 is 1.38 bits per heavy atom. The summed E-state index contributed by atoms with van der Waals surface area (Å²) in [7, 11) is 0. The molecular weight excluding hydrogens is 200 g/mol. The summed E-state index contributed by atoms with van der Waals surface area (Å²) in [6, 6.07) is 0. The van der Waals surface area contributed by atoms with Crippen LogP contribution in [0.4, 0.5) is 5.69 Å². The van der Waals surface area contributed by atoms with Crippen molar-refractivity contribution < 1.29 is 0 Å². The van der Waals surface area contributed by atoms with Crippen LogP contribution < -0.4 is 5.73 Å². The Labute approximate surface area is 94.5 Å². The Bertz CT molecular complexity index is 511. The van der Waals surface area contributed by atoms with Crippen molar-refractivity contribution in [1.29, 1.82) is 0 Å². The van der Waals surface area contributed by atoms with Gasteiger partial charge in [0, 0.05) is 11.9 Å². The smallest absolute Gasteiger partial charge is 0.0886 e. The lowest BCUT2D eigenvalue weighted by atomic mass is 9.76. The largest absolute Gasteiger partial charge is 0.397 e. The summed E-state index contributed by atoms with van der Waals surface area (Å²) in [6.07, 6.45) is 8.00. The fourth-order valence-electron chi connectivity index (χ4n) is 2.62. The van der Waals surface area contributed by atoms with Gasteiger partial charge in [0.05, 0.1) is 29.8 Å². The Hall–Kier alpha value is -1.58. The third-order valence-corrected chi connectivity index (χ3v) is 3.50. The SMILES string of the molecule is CC1CC(Cn2ncc3c(N)cncc32)C1. The Kier molecular flexibility index (Phi) is 2.09. The Balaban J connectivity index is 1.90. The van der Waals surface area contributed by atoms with Crippen molar-refractivity contribution in [2.24, 2.45) is 11.8 Å². The standard InChI is InChI=1S/C12H16N4/c1-8-2-9(3-8)7-16-12-6-14-5-11(13)10(12)4-15-16/h4-6,8-9H,2-3,7,13H2,1H3. The molecule has 0 radical (unpaired) electrons. The topological polar surface area (TPSA) is 56.7 Å². The maximum absolute atomic E-state index is 5.85. The van der Waals surface area contributed by atoms with Crippen LogP contribution in [0.2, 0.25) is 0 Å². The molecule has 0 bridgehead atoms. The van der Waals surface area contributed by atoms with Crippen molar-refractivity contribution in [2.75, 3.05) is 5.73 Å². The van der Waals surface area contributed by atoms with Gasteiger partial charge in [-0.15, -0.1) is 0 Å². The number of pyridine rings is 1. The second kappa shape index (κ2) is 3.47. The zero-order valence-electron chi connectivity index (χ0n) is 9.43. The van der Waals surface area contributed by atoms with E-state index in [2.05, 4.69) is 17.0 Å². The molecule has 3 rings (SSSR count). The molecule has 0 aromatic carbocycles. The van der Waals surface area contributed by atoms with Gasteiger partial charge in [-0.25, -0.2) is 0 Å². The lowest BCUT2D eigenvalue weighted by Gasteiger charge is -2.32. The molecule has 0 aliphatic heterocycles. The molecule has 0 atom stereocenters. The molecule has 0 saturated heterocycles. The molecule has 16 heavy (non-hydrogen) atoms. The molecule has 2 heterocycles. The minimum absolute atomic E-state index is 0.714. The van der Waals surface area contributed by atoms with E-state index in [4.69, 9.17) is 5.73 Å². The predicted octanol–water partition coefficient (Wildman–Crippen LogP) is 2.06. The van der Waals surface area contributed by atoms with E-state index < -0.39 is 0 Å². The lowest BCUT2D eigenvalue weighted by molar-refractivity contribution is 0.184. The van der Waals surface area contributed by atoms with Crippen molar-refractivity contribution in [1.82, 2.24) is 14.8 Å². The number of rotatable bonds is 2. The fourth-order valence-corrected chi connectivity index (χ4v) is 2.62. The van der Waals surface area contributed by atoms with Crippen LogP contribution in [0.15, 0.2) is 18.6 Å². The van der Waals surface area contributed by atoms with Crippen LogP contribution in [-0.4, -0.2) is 14.8 Å². The van der Waals surface area contributed by atoms with Gasteiger partial charge >= 0.3 is 0 Å². The van der Waals surface area contributed by atoms with Crippen LogP contribution in [-0.2, 0) is 6.54 Å². The van der Waals surface area contributed by atoms with Gasteiger partial charge in [0.2, 0.25) is 0 Å². The summed E-state index contributed by atoms with van der Waals surface area (Å²) in [5.41, 5.74) is 7.62. The van der Waals surface area contributed by atoms with E-state index in [1.807, 2.05) is 17.1 Å². The minimum atomic E-state index is 0.714. The van der Waals surface area contributed by atoms with Crippen LogP contribution in [0, 0.1) is 11.8 Å². The quantitative estimate of drug-likeness (QED) is 0.836. The molecule has 0 spiro atoms. The van der Waals surface area contributed by atoms with Crippen molar-refractivity contribution >= 4 is 16.6 Å². The highest BCUT2D eigenvalue weighted by atomic mass is 15.3. The molecule has 4 heteroatoms. The van der Waals surface area contributed by atoms with E-state index in [0.717, 1.165) is 29.3 Å². The first kappa shape index (κ1) is 9.63. The highest BCUT2D eigenvalue weighted by Crippen LogP contribution is 2.34. The van der Waals surface area contributed by atoms with Crippen LogP contribution in [0.3, 0.4) is 0 Å². The molecule has 2 N–H and O–H groups in total. The van der Waals surface area contributed by atoms with Crippen LogP contribution in [0.25, 0.3) is 10.9 Å². The van der Waals surface area contributed by atoms with E-state index >= 15 is 0 Å². The molecule has 2 aromatic rings. The second-order valence-electron chi connectivity index (χ2n) is 4.93. The van der Waals surface area contributed by atoms with Gasteiger partial charge in [0.25, 0.3) is 0 Å². The first-order chi connectivity index (χ1) is 7.74.